The van der Waals surface area contributed by atoms with E-state index in [0.29, 0.717) is 30.7 Å². The first-order valence-corrected chi connectivity index (χ1v) is 12.5. The molecule has 4 aromatic heterocycles. The van der Waals surface area contributed by atoms with Gasteiger partial charge in [-0.1, -0.05) is 0 Å². The highest BCUT2D eigenvalue weighted by molar-refractivity contribution is 5.95. The van der Waals surface area contributed by atoms with Crippen molar-refractivity contribution < 1.29 is 9.47 Å². The van der Waals surface area contributed by atoms with E-state index >= 15 is 0 Å². The molecule has 2 fully saturated rings. The van der Waals surface area contributed by atoms with Crippen LogP contribution >= 0.6 is 0 Å². The second-order valence-electron chi connectivity index (χ2n) is 9.68. The Bertz CT molecular complexity index is 1410. The molecular weight excluding hydrogens is 454 g/mol. The molecule has 0 aliphatic carbocycles. The van der Waals surface area contributed by atoms with Gasteiger partial charge in [0.1, 0.15) is 23.4 Å². The maximum atomic E-state index is 9.77. The molecule has 0 atom stereocenters. The zero-order chi connectivity index (χ0) is 24.5. The molecule has 6 heterocycles. The van der Waals surface area contributed by atoms with Gasteiger partial charge in [-0.15, -0.1) is 0 Å². The van der Waals surface area contributed by atoms with Crippen molar-refractivity contribution in [1.82, 2.24) is 29.6 Å². The Kier molecular flexibility index (Phi) is 6.13. The zero-order valence-corrected chi connectivity index (χ0v) is 20.4. The van der Waals surface area contributed by atoms with Crippen LogP contribution in [0.1, 0.15) is 37.3 Å². The molecule has 0 aromatic carbocycles. The Labute approximate surface area is 209 Å². The number of piperidine rings is 1. The van der Waals surface area contributed by atoms with E-state index in [4.69, 9.17) is 9.47 Å². The third-order valence-corrected chi connectivity index (χ3v) is 7.26. The Hall–Kier alpha value is -3.74. The number of H-pyrrole nitrogens is 1. The van der Waals surface area contributed by atoms with E-state index < -0.39 is 0 Å². The van der Waals surface area contributed by atoms with Gasteiger partial charge in [-0.3, -0.25) is 4.68 Å². The van der Waals surface area contributed by atoms with Gasteiger partial charge in [0.2, 0.25) is 5.88 Å². The molecule has 0 unspecified atom stereocenters. The summed E-state index contributed by atoms with van der Waals surface area (Å²) in [6.45, 7) is 3.54. The number of aromatic amines is 1. The van der Waals surface area contributed by atoms with Crippen LogP contribution in [0.3, 0.4) is 0 Å². The normalized spacial score (nSPS) is 17.9. The van der Waals surface area contributed by atoms with Crippen LogP contribution in [0.2, 0.25) is 0 Å². The third kappa shape index (κ3) is 4.45. The molecule has 2 saturated heterocycles. The van der Waals surface area contributed by atoms with Crippen molar-refractivity contribution in [2.45, 2.75) is 37.8 Å². The number of rotatable bonds is 5. The van der Waals surface area contributed by atoms with Gasteiger partial charge in [-0.2, -0.15) is 10.4 Å². The van der Waals surface area contributed by atoms with Crippen molar-refractivity contribution in [1.29, 1.82) is 5.26 Å². The second-order valence-corrected chi connectivity index (χ2v) is 9.68. The van der Waals surface area contributed by atoms with Gasteiger partial charge in [-0.25, -0.2) is 9.97 Å². The summed E-state index contributed by atoms with van der Waals surface area (Å²) in [5, 5.41) is 15.4. The number of likely N-dealkylation sites (tertiary alicyclic amines) is 1. The molecule has 6 rings (SSSR count). The van der Waals surface area contributed by atoms with Gasteiger partial charge < -0.3 is 19.4 Å². The number of nitrogens with one attached hydrogen (secondary N) is 1. The SMILES string of the molecule is CN1CCC(n2cc(-c3cnc4[nH]cc(-c5cnc(OC6CCOCC6)c(C#N)c5)c4c3)cn2)CC1. The molecule has 36 heavy (non-hydrogen) atoms. The first-order valence-electron chi connectivity index (χ1n) is 12.5. The number of nitrogens with zero attached hydrogens (tertiary/aromatic N) is 6. The van der Waals surface area contributed by atoms with Crippen molar-refractivity contribution in [2.24, 2.45) is 0 Å². The van der Waals surface area contributed by atoms with E-state index in [0.717, 1.165) is 72.1 Å². The Balaban J connectivity index is 1.28. The van der Waals surface area contributed by atoms with Crippen molar-refractivity contribution >= 4 is 11.0 Å². The monoisotopic (exact) mass is 483 g/mol. The number of hydrogen-bond donors (Lipinski definition) is 1. The highest BCUT2D eigenvalue weighted by Crippen LogP contribution is 2.33. The van der Waals surface area contributed by atoms with E-state index in [9.17, 15) is 5.26 Å². The van der Waals surface area contributed by atoms with E-state index in [1.54, 1.807) is 6.20 Å². The van der Waals surface area contributed by atoms with Crippen LogP contribution in [-0.2, 0) is 4.74 Å². The molecular formula is C27H29N7O2. The van der Waals surface area contributed by atoms with E-state index in [-0.39, 0.29) is 6.10 Å². The van der Waals surface area contributed by atoms with Crippen LogP contribution in [0.5, 0.6) is 5.88 Å². The van der Waals surface area contributed by atoms with E-state index in [1.807, 2.05) is 24.7 Å². The lowest BCUT2D eigenvalue weighted by Crippen LogP contribution is -2.31. The van der Waals surface area contributed by atoms with Gasteiger partial charge in [0.15, 0.2) is 0 Å². The summed E-state index contributed by atoms with van der Waals surface area (Å²) in [4.78, 5) is 14.8. The quantitative estimate of drug-likeness (QED) is 0.454. The van der Waals surface area contributed by atoms with Crippen molar-refractivity contribution in [3.8, 4) is 34.2 Å². The summed E-state index contributed by atoms with van der Waals surface area (Å²) in [7, 11) is 2.17. The number of ether oxygens (including phenoxy) is 2. The van der Waals surface area contributed by atoms with Crippen LogP contribution in [0, 0.1) is 11.3 Å². The molecule has 0 saturated carbocycles. The predicted molar refractivity (Wildman–Crippen MR) is 135 cm³/mol. The fraction of sp³-hybridized carbons (Fsp3) is 0.407. The van der Waals surface area contributed by atoms with Crippen LogP contribution in [0.25, 0.3) is 33.3 Å². The first kappa shape index (κ1) is 22.7. The summed E-state index contributed by atoms with van der Waals surface area (Å²) in [5.41, 5.74) is 5.07. The summed E-state index contributed by atoms with van der Waals surface area (Å²) < 4.78 is 13.5. The van der Waals surface area contributed by atoms with E-state index in [1.165, 1.54) is 0 Å². The highest BCUT2D eigenvalue weighted by Gasteiger charge is 2.21. The van der Waals surface area contributed by atoms with Crippen molar-refractivity contribution in [3.05, 3.63) is 48.7 Å². The van der Waals surface area contributed by atoms with Crippen LogP contribution < -0.4 is 4.74 Å². The number of nitriles is 1. The molecule has 9 nitrogen and oxygen atoms in total. The summed E-state index contributed by atoms with van der Waals surface area (Å²) in [5.74, 6) is 0.383. The highest BCUT2D eigenvalue weighted by atomic mass is 16.5. The van der Waals surface area contributed by atoms with Gasteiger partial charge in [0.05, 0.1) is 25.5 Å². The van der Waals surface area contributed by atoms with Crippen LogP contribution in [0.4, 0.5) is 0 Å². The standard InChI is InChI=1S/C27H29N7O2/c1-33-6-2-22(3-7-33)34-17-21(15-32-34)19-11-24-25(16-30-26(24)29-13-19)20-10-18(12-28)27(31-14-20)36-23-4-8-35-9-5-23/h10-11,13-17,22-23H,2-9H2,1H3,(H,29,30). The van der Waals surface area contributed by atoms with Crippen molar-refractivity contribution in [3.63, 3.8) is 0 Å². The lowest BCUT2D eigenvalue weighted by atomic mass is 10.0. The minimum Gasteiger partial charge on any atom is -0.473 e. The Morgan fingerprint density at radius 3 is 2.64 bits per heavy atom. The molecule has 1 N–H and O–H groups in total. The largest absolute Gasteiger partial charge is 0.473 e. The lowest BCUT2D eigenvalue weighted by molar-refractivity contribution is 0.0236. The zero-order valence-electron chi connectivity index (χ0n) is 20.4. The number of fused-ring (bicyclic) bond motifs is 1. The third-order valence-electron chi connectivity index (χ3n) is 7.26. The number of aromatic nitrogens is 5. The van der Waals surface area contributed by atoms with Crippen LogP contribution in [0.15, 0.2) is 43.1 Å². The average Bonchev–Trinajstić information content (AvgIpc) is 3.57. The molecule has 0 amide bonds. The molecule has 0 bridgehead atoms. The molecule has 0 radical (unpaired) electrons. The summed E-state index contributed by atoms with van der Waals surface area (Å²) >= 11 is 0. The first-order chi connectivity index (χ1) is 17.7. The topological polar surface area (TPSA) is 105 Å². The number of hydrogen-bond acceptors (Lipinski definition) is 7. The van der Waals surface area contributed by atoms with Gasteiger partial charge >= 0.3 is 0 Å². The Morgan fingerprint density at radius 1 is 1.03 bits per heavy atom. The van der Waals surface area contributed by atoms with Crippen LogP contribution in [-0.4, -0.2) is 69.1 Å². The summed E-state index contributed by atoms with van der Waals surface area (Å²) in [6, 6.07) is 6.66. The molecule has 0 spiro atoms. The lowest BCUT2D eigenvalue weighted by Gasteiger charge is -2.28. The Morgan fingerprint density at radius 2 is 1.83 bits per heavy atom. The second kappa shape index (κ2) is 9.72. The van der Waals surface area contributed by atoms with Gasteiger partial charge in [0, 0.05) is 65.3 Å². The van der Waals surface area contributed by atoms with Gasteiger partial charge in [0.25, 0.3) is 0 Å². The fourth-order valence-electron chi connectivity index (χ4n) is 5.07. The maximum Gasteiger partial charge on any atom is 0.231 e. The molecule has 4 aromatic rings. The maximum absolute atomic E-state index is 9.77. The fourth-order valence-corrected chi connectivity index (χ4v) is 5.07. The smallest absolute Gasteiger partial charge is 0.231 e. The minimum atomic E-state index is 0.0273. The summed E-state index contributed by atoms with van der Waals surface area (Å²) in [6.07, 6.45) is 13.5. The molecule has 2 aliphatic heterocycles. The average molecular weight is 484 g/mol. The van der Waals surface area contributed by atoms with E-state index in [2.05, 4.69) is 55.0 Å². The molecule has 184 valence electrons. The predicted octanol–water partition coefficient (Wildman–Crippen LogP) is 4.18. The van der Waals surface area contributed by atoms with Crippen molar-refractivity contribution in [2.75, 3.05) is 33.4 Å². The minimum absolute atomic E-state index is 0.0273. The van der Waals surface area contributed by atoms with Gasteiger partial charge in [-0.05, 0) is 45.1 Å². The number of pyridine rings is 2. The molecule has 9 heteroatoms. The molecule has 2 aliphatic rings.